The SMILES string of the molecule is COc1ccc(S(=O)(=O)N(C)Cc2nnc3n2CCC3)cc1OC. The molecule has 24 heavy (non-hydrogen) atoms. The topological polar surface area (TPSA) is 86.6 Å². The number of fused-ring (bicyclic) bond motifs is 1. The van der Waals surface area contributed by atoms with Crippen molar-refractivity contribution in [2.45, 2.75) is 30.8 Å². The van der Waals surface area contributed by atoms with Gasteiger partial charge in [0.1, 0.15) is 11.6 Å². The van der Waals surface area contributed by atoms with Gasteiger partial charge in [0.05, 0.1) is 25.7 Å². The van der Waals surface area contributed by atoms with E-state index in [1.54, 1.807) is 6.07 Å². The van der Waals surface area contributed by atoms with Crippen LogP contribution in [0.3, 0.4) is 0 Å². The van der Waals surface area contributed by atoms with Crippen molar-refractivity contribution in [3.63, 3.8) is 0 Å². The molecule has 0 saturated carbocycles. The van der Waals surface area contributed by atoms with Crippen LogP contribution in [-0.4, -0.2) is 48.8 Å². The lowest BCUT2D eigenvalue weighted by Gasteiger charge is -2.18. The van der Waals surface area contributed by atoms with Crippen molar-refractivity contribution in [3.8, 4) is 11.5 Å². The standard InChI is InChI=1S/C15H20N4O4S/c1-18(10-15-17-16-14-5-4-8-19(14)15)24(20,21)11-6-7-12(22-2)13(9-11)23-3/h6-7,9H,4-5,8,10H2,1-3H3. The third kappa shape index (κ3) is 2.84. The van der Waals surface area contributed by atoms with Gasteiger partial charge < -0.3 is 14.0 Å². The number of hydrogen-bond donors (Lipinski definition) is 0. The Bertz CT molecular complexity index is 847. The number of benzene rings is 1. The Labute approximate surface area is 141 Å². The summed E-state index contributed by atoms with van der Waals surface area (Å²) in [6.07, 6.45) is 1.91. The Balaban J connectivity index is 1.86. The van der Waals surface area contributed by atoms with E-state index in [1.165, 1.54) is 37.7 Å². The van der Waals surface area contributed by atoms with Crippen molar-refractivity contribution in [1.82, 2.24) is 19.1 Å². The smallest absolute Gasteiger partial charge is 0.243 e. The molecule has 0 fully saturated rings. The van der Waals surface area contributed by atoms with Crippen molar-refractivity contribution in [2.24, 2.45) is 0 Å². The summed E-state index contributed by atoms with van der Waals surface area (Å²) in [5.74, 6) is 2.43. The first kappa shape index (κ1) is 16.7. The zero-order valence-corrected chi connectivity index (χ0v) is 14.7. The molecule has 0 unspecified atom stereocenters. The number of sulfonamides is 1. The Kier molecular flexibility index (Phi) is 4.46. The molecule has 9 heteroatoms. The van der Waals surface area contributed by atoms with Gasteiger partial charge in [0.2, 0.25) is 10.0 Å². The number of hydrogen-bond acceptors (Lipinski definition) is 6. The molecule has 8 nitrogen and oxygen atoms in total. The predicted molar refractivity (Wildman–Crippen MR) is 86.5 cm³/mol. The largest absolute Gasteiger partial charge is 0.493 e. The molecule has 2 aromatic rings. The highest BCUT2D eigenvalue weighted by atomic mass is 32.2. The maximum atomic E-state index is 12.8. The fraction of sp³-hybridized carbons (Fsp3) is 0.467. The predicted octanol–water partition coefficient (Wildman–Crippen LogP) is 1.06. The van der Waals surface area contributed by atoms with Gasteiger partial charge in [0.25, 0.3) is 0 Å². The average Bonchev–Trinajstić information content (AvgIpc) is 3.19. The van der Waals surface area contributed by atoms with Gasteiger partial charge in [-0.05, 0) is 18.6 Å². The molecule has 1 aliphatic rings. The minimum absolute atomic E-state index is 0.142. The van der Waals surface area contributed by atoms with E-state index in [2.05, 4.69) is 10.2 Å². The minimum Gasteiger partial charge on any atom is -0.493 e. The average molecular weight is 352 g/mol. The van der Waals surface area contributed by atoms with Crippen LogP contribution >= 0.6 is 0 Å². The third-order valence-corrected chi connectivity index (χ3v) is 5.91. The second-order valence-corrected chi connectivity index (χ2v) is 7.61. The first-order valence-corrected chi connectivity index (χ1v) is 9.00. The van der Waals surface area contributed by atoms with Gasteiger partial charge in [-0.1, -0.05) is 0 Å². The van der Waals surface area contributed by atoms with E-state index >= 15 is 0 Å². The van der Waals surface area contributed by atoms with Gasteiger partial charge in [0.15, 0.2) is 11.5 Å². The van der Waals surface area contributed by atoms with Gasteiger partial charge in [-0.25, -0.2) is 8.42 Å². The zero-order valence-electron chi connectivity index (χ0n) is 13.9. The molecule has 3 rings (SSSR count). The van der Waals surface area contributed by atoms with E-state index in [0.29, 0.717) is 17.3 Å². The Morgan fingerprint density at radius 1 is 1.21 bits per heavy atom. The second kappa shape index (κ2) is 6.40. The van der Waals surface area contributed by atoms with Crippen LogP contribution in [0.5, 0.6) is 11.5 Å². The van der Waals surface area contributed by atoms with Gasteiger partial charge >= 0.3 is 0 Å². The number of aryl methyl sites for hydroxylation is 1. The van der Waals surface area contributed by atoms with E-state index in [4.69, 9.17) is 9.47 Å². The number of nitrogens with zero attached hydrogens (tertiary/aromatic N) is 4. The molecule has 0 saturated heterocycles. The highest BCUT2D eigenvalue weighted by Gasteiger charge is 2.26. The fourth-order valence-electron chi connectivity index (χ4n) is 2.77. The molecular weight excluding hydrogens is 332 g/mol. The fourth-order valence-corrected chi connectivity index (χ4v) is 3.91. The van der Waals surface area contributed by atoms with Crippen molar-refractivity contribution in [2.75, 3.05) is 21.3 Å². The van der Waals surface area contributed by atoms with Crippen LogP contribution < -0.4 is 9.47 Å². The van der Waals surface area contributed by atoms with Crippen LogP contribution in [0, 0.1) is 0 Å². The number of aromatic nitrogens is 3. The Morgan fingerprint density at radius 3 is 2.67 bits per heavy atom. The summed E-state index contributed by atoms with van der Waals surface area (Å²) >= 11 is 0. The van der Waals surface area contributed by atoms with E-state index in [-0.39, 0.29) is 11.4 Å². The van der Waals surface area contributed by atoms with Gasteiger partial charge in [0, 0.05) is 26.1 Å². The summed E-state index contributed by atoms with van der Waals surface area (Å²) in [6, 6.07) is 4.54. The molecule has 130 valence electrons. The van der Waals surface area contributed by atoms with Crippen LogP contribution in [0.1, 0.15) is 18.1 Å². The lowest BCUT2D eigenvalue weighted by Crippen LogP contribution is -2.28. The van der Waals surface area contributed by atoms with Gasteiger partial charge in [-0.3, -0.25) is 0 Å². The monoisotopic (exact) mass is 352 g/mol. The molecular formula is C15H20N4O4S. The Hall–Kier alpha value is -2.13. The van der Waals surface area contributed by atoms with Crippen molar-refractivity contribution < 1.29 is 17.9 Å². The molecule has 0 bridgehead atoms. The van der Waals surface area contributed by atoms with E-state index in [0.717, 1.165) is 25.2 Å². The van der Waals surface area contributed by atoms with Crippen LogP contribution in [-0.2, 0) is 29.5 Å². The number of ether oxygens (including phenoxy) is 2. The zero-order chi connectivity index (χ0) is 17.3. The maximum absolute atomic E-state index is 12.8. The lowest BCUT2D eigenvalue weighted by atomic mass is 10.3. The van der Waals surface area contributed by atoms with Crippen LogP contribution in [0.25, 0.3) is 0 Å². The molecule has 0 atom stereocenters. The molecule has 0 radical (unpaired) electrons. The first-order valence-electron chi connectivity index (χ1n) is 7.56. The molecule has 1 aromatic carbocycles. The van der Waals surface area contributed by atoms with Crippen LogP contribution in [0.15, 0.2) is 23.1 Å². The molecule has 0 amide bonds. The summed E-state index contributed by atoms with van der Waals surface area (Å²) in [6.45, 7) is 1.01. The van der Waals surface area contributed by atoms with Crippen molar-refractivity contribution >= 4 is 10.0 Å². The molecule has 0 aliphatic carbocycles. The first-order chi connectivity index (χ1) is 11.5. The molecule has 2 heterocycles. The summed E-state index contributed by atoms with van der Waals surface area (Å²) in [5.41, 5.74) is 0. The summed E-state index contributed by atoms with van der Waals surface area (Å²) in [7, 11) is 0.831. The second-order valence-electron chi connectivity index (χ2n) is 5.57. The van der Waals surface area contributed by atoms with Gasteiger partial charge in [-0.2, -0.15) is 4.31 Å². The number of rotatable bonds is 6. The molecule has 0 N–H and O–H groups in total. The quantitative estimate of drug-likeness (QED) is 0.773. The maximum Gasteiger partial charge on any atom is 0.243 e. The summed E-state index contributed by atoms with van der Waals surface area (Å²) < 4.78 is 39.2. The molecule has 0 spiro atoms. The normalized spacial score (nSPS) is 14.0. The number of methoxy groups -OCH3 is 2. The van der Waals surface area contributed by atoms with Crippen molar-refractivity contribution in [3.05, 3.63) is 29.8 Å². The van der Waals surface area contributed by atoms with Gasteiger partial charge in [-0.15, -0.1) is 10.2 Å². The molecule has 1 aromatic heterocycles. The molecule has 1 aliphatic heterocycles. The Morgan fingerprint density at radius 2 is 1.96 bits per heavy atom. The summed E-state index contributed by atoms with van der Waals surface area (Å²) in [4.78, 5) is 0.142. The highest BCUT2D eigenvalue weighted by molar-refractivity contribution is 7.89. The highest BCUT2D eigenvalue weighted by Crippen LogP contribution is 2.30. The van der Waals surface area contributed by atoms with Crippen LogP contribution in [0.2, 0.25) is 0 Å². The third-order valence-electron chi connectivity index (χ3n) is 4.11. The van der Waals surface area contributed by atoms with E-state index in [1.807, 2.05) is 4.57 Å². The van der Waals surface area contributed by atoms with E-state index < -0.39 is 10.0 Å². The summed E-state index contributed by atoms with van der Waals surface area (Å²) in [5, 5.41) is 8.22. The van der Waals surface area contributed by atoms with Crippen molar-refractivity contribution in [1.29, 1.82) is 0 Å². The van der Waals surface area contributed by atoms with Crippen LogP contribution in [0.4, 0.5) is 0 Å². The lowest BCUT2D eigenvalue weighted by molar-refractivity contribution is 0.353. The minimum atomic E-state index is -3.67. The van der Waals surface area contributed by atoms with E-state index in [9.17, 15) is 8.42 Å².